The Morgan fingerprint density at radius 2 is 1.73 bits per heavy atom. The molecular weight excluding hydrogens is 365 g/mol. The van der Waals surface area contributed by atoms with Gasteiger partial charge in [0.05, 0.1) is 21.8 Å². The van der Waals surface area contributed by atoms with E-state index in [1.165, 1.54) is 0 Å². The number of hydrogen-bond acceptors (Lipinski definition) is 3. The van der Waals surface area contributed by atoms with Crippen molar-refractivity contribution in [3.63, 3.8) is 0 Å². The molecule has 2 unspecified atom stereocenters. The van der Waals surface area contributed by atoms with Gasteiger partial charge in [-0.2, -0.15) is 0 Å². The lowest BCUT2D eigenvalue weighted by Crippen LogP contribution is -2.36. The molecule has 0 aromatic heterocycles. The first-order valence-electron chi connectivity index (χ1n) is 8.70. The molecule has 2 rings (SSSR count). The monoisotopic (exact) mass is 392 g/mol. The van der Waals surface area contributed by atoms with E-state index < -0.39 is 19.0 Å². The van der Waals surface area contributed by atoms with Gasteiger partial charge in [-0.25, -0.2) is 8.93 Å². The Balaban J connectivity index is 2.30. The van der Waals surface area contributed by atoms with Crippen LogP contribution in [0.1, 0.15) is 50.4 Å². The molecule has 0 radical (unpaired) electrons. The Hall–Kier alpha value is -1.39. The summed E-state index contributed by atoms with van der Waals surface area (Å²) in [5.41, 5.74) is 2.99. The second-order valence-electron chi connectivity index (χ2n) is 7.01. The molecule has 0 aliphatic heterocycles. The molecule has 0 aliphatic rings. The number of hydrogen-bond donors (Lipinski definition) is 1. The Morgan fingerprint density at radius 1 is 1.08 bits per heavy atom. The third kappa shape index (κ3) is 6.10. The van der Waals surface area contributed by atoms with E-state index in [1.807, 2.05) is 82.3 Å². The molecule has 0 spiro atoms. The summed E-state index contributed by atoms with van der Waals surface area (Å²) in [6, 6.07) is 17.7. The smallest absolute Gasteiger partial charge is 0.242 e. The standard InChI is InChI=1S/C20H27NO3PS/c1-5-25(22)24-15-16-10-9-13-18(14-16)19(17-11-7-6-8-12-17)21-26(23)20(2,3)4/h6-14,19,21H,5,15H2,1-4H3/q+1/t19-,26?/m1/s1. The van der Waals surface area contributed by atoms with E-state index in [9.17, 15) is 8.77 Å². The summed E-state index contributed by atoms with van der Waals surface area (Å²) in [5, 5.41) is 0. The van der Waals surface area contributed by atoms with Gasteiger partial charge in [-0.15, -0.1) is 4.52 Å². The molecule has 0 saturated carbocycles. The summed E-state index contributed by atoms with van der Waals surface area (Å²) in [6.45, 7) is 7.99. The molecule has 140 valence electrons. The Kier molecular flexibility index (Phi) is 7.66. The van der Waals surface area contributed by atoms with E-state index in [0.29, 0.717) is 12.8 Å². The topological polar surface area (TPSA) is 55.4 Å². The Morgan fingerprint density at radius 3 is 2.35 bits per heavy atom. The van der Waals surface area contributed by atoms with E-state index >= 15 is 0 Å². The van der Waals surface area contributed by atoms with Crippen LogP contribution in [-0.2, 0) is 26.7 Å². The second kappa shape index (κ2) is 9.52. The van der Waals surface area contributed by atoms with Gasteiger partial charge < -0.3 is 0 Å². The fourth-order valence-electron chi connectivity index (χ4n) is 2.36. The molecule has 0 saturated heterocycles. The SMILES string of the molecule is CC[P+](=O)OCc1cccc([C@H](NS(=O)C(C)(C)C)c2ccccc2)c1. The van der Waals surface area contributed by atoms with Crippen molar-refractivity contribution in [2.75, 3.05) is 6.16 Å². The normalized spacial score (nSPS) is 14.7. The van der Waals surface area contributed by atoms with Gasteiger partial charge in [0.1, 0.15) is 6.61 Å². The lowest BCUT2D eigenvalue weighted by atomic mass is 9.98. The maximum Gasteiger partial charge on any atom is 0.508 e. The van der Waals surface area contributed by atoms with E-state index in [-0.39, 0.29) is 10.8 Å². The predicted molar refractivity (Wildman–Crippen MR) is 109 cm³/mol. The fourth-order valence-corrected chi connectivity index (χ4v) is 3.67. The van der Waals surface area contributed by atoms with Crippen molar-refractivity contribution >= 4 is 19.0 Å². The molecule has 0 heterocycles. The Bertz CT molecular complexity index is 759. The predicted octanol–water partition coefficient (Wildman–Crippen LogP) is 5.11. The van der Waals surface area contributed by atoms with Crippen molar-refractivity contribution in [2.24, 2.45) is 0 Å². The summed E-state index contributed by atoms with van der Waals surface area (Å²) in [4.78, 5) is 0. The highest BCUT2D eigenvalue weighted by molar-refractivity contribution is 7.84. The fraction of sp³-hybridized carbons (Fsp3) is 0.400. The molecule has 1 N–H and O–H groups in total. The van der Waals surface area contributed by atoms with E-state index in [4.69, 9.17) is 4.52 Å². The maximum absolute atomic E-state index is 12.7. The van der Waals surface area contributed by atoms with Gasteiger partial charge >= 0.3 is 8.03 Å². The Labute approximate surface area is 159 Å². The van der Waals surface area contributed by atoms with Crippen LogP contribution in [0.5, 0.6) is 0 Å². The van der Waals surface area contributed by atoms with Crippen LogP contribution in [-0.4, -0.2) is 15.1 Å². The minimum atomic E-state index is -1.61. The molecule has 6 heteroatoms. The third-order valence-corrected chi connectivity index (χ3v) is 6.33. The first-order chi connectivity index (χ1) is 12.3. The van der Waals surface area contributed by atoms with E-state index in [0.717, 1.165) is 16.7 Å². The molecule has 3 atom stereocenters. The summed E-state index contributed by atoms with van der Waals surface area (Å²) >= 11 is 0. The van der Waals surface area contributed by atoms with Crippen molar-refractivity contribution in [3.8, 4) is 0 Å². The molecule has 4 nitrogen and oxygen atoms in total. The van der Waals surface area contributed by atoms with Crippen LogP contribution in [0.3, 0.4) is 0 Å². The molecule has 2 aromatic rings. The number of nitrogens with one attached hydrogen (secondary N) is 1. The van der Waals surface area contributed by atoms with Crippen LogP contribution in [0.25, 0.3) is 0 Å². The molecule has 2 aromatic carbocycles. The van der Waals surface area contributed by atoms with Crippen LogP contribution < -0.4 is 4.72 Å². The number of rotatable bonds is 8. The van der Waals surface area contributed by atoms with E-state index in [1.54, 1.807) is 0 Å². The minimum absolute atomic E-state index is 0.198. The van der Waals surface area contributed by atoms with Crippen molar-refractivity contribution in [2.45, 2.75) is 45.1 Å². The third-order valence-electron chi connectivity index (χ3n) is 3.83. The molecule has 0 fully saturated rings. The van der Waals surface area contributed by atoms with Crippen molar-refractivity contribution in [3.05, 3.63) is 71.3 Å². The lowest BCUT2D eigenvalue weighted by molar-refractivity contribution is 0.319. The zero-order valence-electron chi connectivity index (χ0n) is 15.8. The first-order valence-corrected chi connectivity index (χ1v) is 11.2. The van der Waals surface area contributed by atoms with Crippen LogP contribution >= 0.6 is 8.03 Å². The molecule has 0 aliphatic carbocycles. The highest BCUT2D eigenvalue weighted by atomic mass is 32.2. The van der Waals surface area contributed by atoms with Gasteiger partial charge in [0, 0.05) is 0 Å². The molecule has 0 amide bonds. The lowest BCUT2D eigenvalue weighted by Gasteiger charge is -2.25. The van der Waals surface area contributed by atoms with Crippen molar-refractivity contribution < 1.29 is 13.3 Å². The highest BCUT2D eigenvalue weighted by Gasteiger charge is 2.25. The quantitative estimate of drug-likeness (QED) is 0.636. The summed E-state index contributed by atoms with van der Waals surface area (Å²) in [6.07, 6.45) is 0.508. The van der Waals surface area contributed by atoms with Crippen molar-refractivity contribution in [1.82, 2.24) is 4.72 Å². The van der Waals surface area contributed by atoms with Gasteiger partial charge in [-0.1, -0.05) is 54.6 Å². The second-order valence-corrected chi connectivity index (χ2v) is 10.6. The zero-order chi connectivity index (χ0) is 19.2. The number of benzene rings is 2. The summed E-state index contributed by atoms with van der Waals surface area (Å²) < 4.78 is 32.5. The van der Waals surface area contributed by atoms with Crippen LogP contribution in [0.15, 0.2) is 54.6 Å². The molecule has 26 heavy (non-hydrogen) atoms. The van der Waals surface area contributed by atoms with Gasteiger partial charge in [-0.05, 0) is 49.0 Å². The van der Waals surface area contributed by atoms with Crippen molar-refractivity contribution in [1.29, 1.82) is 0 Å². The molecule has 0 bridgehead atoms. The van der Waals surface area contributed by atoms with E-state index in [2.05, 4.69) is 4.72 Å². The summed E-state index contributed by atoms with van der Waals surface area (Å²) in [5.74, 6) is 0. The van der Waals surface area contributed by atoms with Gasteiger partial charge in [0.2, 0.25) is 0 Å². The maximum atomic E-state index is 12.7. The van der Waals surface area contributed by atoms with Gasteiger partial charge in [-0.3, -0.25) is 0 Å². The minimum Gasteiger partial charge on any atom is -0.242 e. The average Bonchev–Trinajstić information content (AvgIpc) is 2.64. The van der Waals surface area contributed by atoms with Crippen LogP contribution in [0.2, 0.25) is 0 Å². The highest BCUT2D eigenvalue weighted by Crippen LogP contribution is 2.27. The van der Waals surface area contributed by atoms with Gasteiger partial charge in [0.15, 0.2) is 6.16 Å². The first kappa shape index (κ1) is 20.9. The van der Waals surface area contributed by atoms with Gasteiger partial charge in [0.25, 0.3) is 0 Å². The van der Waals surface area contributed by atoms with Crippen LogP contribution in [0, 0.1) is 0 Å². The van der Waals surface area contributed by atoms with Crippen LogP contribution in [0.4, 0.5) is 0 Å². The average molecular weight is 392 g/mol. The largest absolute Gasteiger partial charge is 0.508 e. The summed E-state index contributed by atoms with van der Waals surface area (Å²) in [7, 11) is -2.83. The zero-order valence-corrected chi connectivity index (χ0v) is 17.5. The molecular formula is C20H27NO3PS+.